The van der Waals surface area contributed by atoms with Gasteiger partial charge in [0.15, 0.2) is 17.3 Å². The molecule has 9 nitrogen and oxygen atoms in total. The number of aromatic amines is 1. The number of aromatic nitrogens is 4. The summed E-state index contributed by atoms with van der Waals surface area (Å²) in [7, 11) is 0. The van der Waals surface area contributed by atoms with Crippen LogP contribution in [0.15, 0.2) is 23.1 Å². The number of hydrogen-bond acceptors (Lipinski definition) is 6. The van der Waals surface area contributed by atoms with Gasteiger partial charge in [0.2, 0.25) is 5.88 Å². The average Bonchev–Trinajstić information content (AvgIpc) is 2.97. The van der Waals surface area contributed by atoms with Crippen molar-refractivity contribution in [2.24, 2.45) is 5.73 Å². The number of primary amides is 1. The van der Waals surface area contributed by atoms with Gasteiger partial charge in [-0.05, 0) is 32.8 Å². The number of imidazole rings is 1. The zero-order valence-electron chi connectivity index (χ0n) is 15.2. The smallest absolute Gasteiger partial charge is 0.333 e. The summed E-state index contributed by atoms with van der Waals surface area (Å²) in [6, 6.07) is 2.52. The van der Waals surface area contributed by atoms with Crippen LogP contribution in [0.2, 0.25) is 0 Å². The molecular formula is C18H18FN5O4. The maximum absolute atomic E-state index is 14.8. The van der Waals surface area contributed by atoms with E-state index in [-0.39, 0.29) is 40.6 Å². The van der Waals surface area contributed by atoms with E-state index >= 15 is 0 Å². The van der Waals surface area contributed by atoms with Crippen LogP contribution in [0.1, 0.15) is 37.0 Å². The third-order valence-electron chi connectivity index (χ3n) is 4.56. The van der Waals surface area contributed by atoms with Crippen molar-refractivity contribution in [3.05, 3.63) is 40.2 Å². The third-order valence-corrected chi connectivity index (χ3v) is 4.56. The van der Waals surface area contributed by atoms with E-state index in [1.807, 2.05) is 6.92 Å². The highest BCUT2D eigenvalue weighted by Crippen LogP contribution is 2.29. The summed E-state index contributed by atoms with van der Waals surface area (Å²) in [5.41, 5.74) is 4.98. The number of halogens is 1. The number of H-pyrrole nitrogens is 1. The minimum atomic E-state index is -0.906. The fourth-order valence-electron chi connectivity index (χ4n) is 3.18. The highest BCUT2D eigenvalue weighted by molar-refractivity contribution is 5.95. The molecule has 4 heterocycles. The molecule has 3 N–H and O–H groups in total. The molecule has 3 aromatic heterocycles. The van der Waals surface area contributed by atoms with E-state index in [0.717, 1.165) is 10.6 Å². The lowest BCUT2D eigenvalue weighted by atomic mass is 10.1. The Kier molecular flexibility index (Phi) is 4.25. The van der Waals surface area contributed by atoms with Crippen LogP contribution in [0.25, 0.3) is 17.0 Å². The molecule has 0 radical (unpaired) electrons. The van der Waals surface area contributed by atoms with E-state index in [0.29, 0.717) is 18.6 Å². The van der Waals surface area contributed by atoms with Gasteiger partial charge in [-0.1, -0.05) is 0 Å². The Morgan fingerprint density at radius 3 is 2.75 bits per heavy atom. The Labute approximate surface area is 158 Å². The van der Waals surface area contributed by atoms with Crippen LogP contribution in [0, 0.1) is 5.82 Å². The molecule has 0 fully saturated rings. The summed E-state index contributed by atoms with van der Waals surface area (Å²) in [6.45, 7) is 3.68. The first-order valence-corrected chi connectivity index (χ1v) is 8.79. The minimum absolute atomic E-state index is 0.128. The van der Waals surface area contributed by atoms with Gasteiger partial charge in [0.05, 0.1) is 12.2 Å². The summed E-state index contributed by atoms with van der Waals surface area (Å²) < 4.78 is 27.6. The molecule has 0 saturated heterocycles. The largest absolute Gasteiger partial charge is 0.488 e. The minimum Gasteiger partial charge on any atom is -0.488 e. The van der Waals surface area contributed by atoms with Crippen molar-refractivity contribution in [1.82, 2.24) is 19.5 Å². The Morgan fingerprint density at radius 2 is 2.04 bits per heavy atom. The second-order valence-electron chi connectivity index (χ2n) is 6.72. The number of fused-ring (bicyclic) bond motifs is 3. The first-order valence-electron chi connectivity index (χ1n) is 8.79. The quantitative estimate of drug-likeness (QED) is 0.654. The topological polar surface area (TPSA) is 125 Å². The number of nitrogens with one attached hydrogen (secondary N) is 1. The first kappa shape index (κ1) is 18.0. The average molecular weight is 387 g/mol. The Balaban J connectivity index is 2.06. The summed E-state index contributed by atoms with van der Waals surface area (Å²) in [5, 5.41) is 0. The number of hydrogen-bond donors (Lipinski definition) is 2. The highest BCUT2D eigenvalue weighted by Gasteiger charge is 2.25. The van der Waals surface area contributed by atoms with Gasteiger partial charge < -0.3 is 15.2 Å². The van der Waals surface area contributed by atoms with Gasteiger partial charge in [0, 0.05) is 12.3 Å². The van der Waals surface area contributed by atoms with Crippen molar-refractivity contribution < 1.29 is 18.7 Å². The molecule has 1 aliphatic heterocycles. The zero-order chi connectivity index (χ0) is 20.0. The molecule has 0 unspecified atom stereocenters. The highest BCUT2D eigenvalue weighted by atomic mass is 19.1. The van der Waals surface area contributed by atoms with Crippen LogP contribution in [0.4, 0.5) is 4.39 Å². The van der Waals surface area contributed by atoms with Crippen LogP contribution in [0.5, 0.6) is 11.6 Å². The lowest BCUT2D eigenvalue weighted by Gasteiger charge is -2.21. The van der Waals surface area contributed by atoms with Gasteiger partial charge in [-0.25, -0.2) is 18.7 Å². The summed E-state index contributed by atoms with van der Waals surface area (Å²) in [4.78, 5) is 35.1. The monoisotopic (exact) mass is 387 g/mol. The fourth-order valence-corrected chi connectivity index (χ4v) is 3.18. The maximum atomic E-state index is 14.8. The van der Waals surface area contributed by atoms with Crippen LogP contribution < -0.4 is 20.9 Å². The Hall–Kier alpha value is -3.43. The van der Waals surface area contributed by atoms with Gasteiger partial charge in [-0.2, -0.15) is 4.98 Å². The van der Waals surface area contributed by atoms with Gasteiger partial charge >= 0.3 is 5.69 Å². The summed E-state index contributed by atoms with van der Waals surface area (Å²) in [6.07, 6.45) is 2.19. The van der Waals surface area contributed by atoms with Crippen molar-refractivity contribution in [3.63, 3.8) is 0 Å². The van der Waals surface area contributed by atoms with Crippen LogP contribution >= 0.6 is 0 Å². The molecule has 0 saturated carbocycles. The van der Waals surface area contributed by atoms with Crippen molar-refractivity contribution in [1.29, 1.82) is 0 Å². The van der Waals surface area contributed by atoms with E-state index in [2.05, 4.69) is 15.0 Å². The molecule has 2 bridgehead atoms. The molecule has 1 amide bonds. The SMILES string of the molecule is C[C@@H]1CC[C@H](C)Oc2nc(c(F)cc2C(N)=O)-n2c(=O)[nH]c3nccc(c32)O1. The van der Waals surface area contributed by atoms with Gasteiger partial charge in [-0.15, -0.1) is 0 Å². The van der Waals surface area contributed by atoms with E-state index in [1.54, 1.807) is 13.0 Å². The molecule has 10 heteroatoms. The second kappa shape index (κ2) is 6.63. The molecule has 2 atom stereocenters. The van der Waals surface area contributed by atoms with E-state index in [1.165, 1.54) is 6.20 Å². The van der Waals surface area contributed by atoms with Crippen molar-refractivity contribution >= 4 is 17.1 Å². The number of pyridine rings is 2. The molecule has 0 aliphatic carbocycles. The summed E-state index contributed by atoms with van der Waals surface area (Å²) >= 11 is 0. The molecule has 146 valence electrons. The van der Waals surface area contributed by atoms with Crippen LogP contribution in [0.3, 0.4) is 0 Å². The predicted molar refractivity (Wildman–Crippen MR) is 97.4 cm³/mol. The number of nitrogens with zero attached hydrogens (tertiary/aromatic N) is 3. The number of nitrogens with two attached hydrogens (primary N) is 1. The molecule has 28 heavy (non-hydrogen) atoms. The normalized spacial score (nSPS) is 19.2. The predicted octanol–water partition coefficient (Wildman–Crippen LogP) is 1.68. The van der Waals surface area contributed by atoms with Gasteiger partial charge in [0.1, 0.15) is 16.8 Å². The van der Waals surface area contributed by atoms with Crippen molar-refractivity contribution in [3.8, 4) is 17.4 Å². The van der Waals surface area contributed by atoms with Crippen molar-refractivity contribution in [2.75, 3.05) is 0 Å². The number of carbonyl (C=O) groups excluding carboxylic acids is 1. The molecule has 1 aliphatic rings. The lowest BCUT2D eigenvalue weighted by Crippen LogP contribution is -2.24. The molecule has 3 aromatic rings. The number of amides is 1. The van der Waals surface area contributed by atoms with Crippen molar-refractivity contribution in [2.45, 2.75) is 38.9 Å². The second-order valence-corrected chi connectivity index (χ2v) is 6.72. The lowest BCUT2D eigenvalue weighted by molar-refractivity contribution is 0.0988. The molecular weight excluding hydrogens is 369 g/mol. The standard InChI is InChI=1S/C18H18FN5O4/c1-8-3-4-9(2)28-17-10(14(20)25)7-11(19)16(23-17)24-13-12(27-8)5-6-21-15(13)22-18(24)26/h5-9H,3-4H2,1-2H3,(H2,20,25)(H,21,22,26)/t8-,9+/m1/s1. The van der Waals surface area contributed by atoms with E-state index < -0.39 is 17.4 Å². The zero-order valence-corrected chi connectivity index (χ0v) is 15.2. The molecule has 4 rings (SSSR count). The van der Waals surface area contributed by atoms with Crippen LogP contribution in [-0.4, -0.2) is 37.6 Å². The fraction of sp³-hybridized carbons (Fsp3) is 0.333. The van der Waals surface area contributed by atoms with E-state index in [4.69, 9.17) is 15.2 Å². The van der Waals surface area contributed by atoms with Crippen LogP contribution in [-0.2, 0) is 0 Å². The maximum Gasteiger partial charge on any atom is 0.333 e. The first-order chi connectivity index (χ1) is 13.3. The Bertz CT molecular complexity index is 1140. The number of rotatable bonds is 1. The van der Waals surface area contributed by atoms with Gasteiger partial charge in [0.25, 0.3) is 5.91 Å². The molecule has 0 spiro atoms. The molecule has 0 aromatic carbocycles. The summed E-state index contributed by atoms with van der Waals surface area (Å²) in [5.74, 6) is -1.88. The third kappa shape index (κ3) is 2.96. The number of ether oxygens (including phenoxy) is 2. The Morgan fingerprint density at radius 1 is 1.32 bits per heavy atom. The van der Waals surface area contributed by atoms with Gasteiger partial charge in [-0.3, -0.25) is 9.78 Å². The van der Waals surface area contributed by atoms with E-state index in [9.17, 15) is 14.0 Å². The number of carbonyl (C=O) groups is 1.